The Bertz CT molecular complexity index is 1130. The Hall–Kier alpha value is -3.13. The van der Waals surface area contributed by atoms with E-state index in [1.54, 1.807) is 7.11 Å². The van der Waals surface area contributed by atoms with Crippen LogP contribution in [0.15, 0.2) is 54.7 Å². The third-order valence-corrected chi connectivity index (χ3v) is 6.02. The van der Waals surface area contributed by atoms with E-state index < -0.39 is 6.04 Å². The highest BCUT2D eigenvalue weighted by Crippen LogP contribution is 2.21. The van der Waals surface area contributed by atoms with E-state index in [9.17, 15) is 14.4 Å². The maximum Gasteiger partial charge on any atom is 0.230 e. The van der Waals surface area contributed by atoms with E-state index in [4.69, 9.17) is 4.74 Å². The zero-order valence-corrected chi connectivity index (χ0v) is 20.4. The van der Waals surface area contributed by atoms with Gasteiger partial charge in [-0.15, -0.1) is 0 Å². The van der Waals surface area contributed by atoms with Gasteiger partial charge in [-0.2, -0.15) is 0 Å². The second kappa shape index (κ2) is 11.7. The first-order valence-electron chi connectivity index (χ1n) is 10.8. The Labute approximate surface area is 201 Å². The van der Waals surface area contributed by atoms with Crippen molar-refractivity contribution < 1.29 is 19.1 Å². The fraction of sp³-hybridized carbons (Fsp3) is 0.320. The smallest absolute Gasteiger partial charge is 0.230 e. The third kappa shape index (κ3) is 6.44. The normalized spacial score (nSPS) is 11.7. The van der Waals surface area contributed by atoms with E-state index in [-0.39, 0.29) is 36.0 Å². The van der Waals surface area contributed by atoms with Crippen molar-refractivity contribution in [2.45, 2.75) is 32.2 Å². The van der Waals surface area contributed by atoms with Gasteiger partial charge in [-0.1, -0.05) is 52.3 Å². The highest BCUT2D eigenvalue weighted by atomic mass is 79.9. The molecule has 33 heavy (non-hydrogen) atoms. The molecular weight excluding hydrogens is 486 g/mol. The van der Waals surface area contributed by atoms with Gasteiger partial charge >= 0.3 is 0 Å². The summed E-state index contributed by atoms with van der Waals surface area (Å²) >= 11 is 3.17. The zero-order chi connectivity index (χ0) is 23.8. The van der Waals surface area contributed by atoms with Gasteiger partial charge in [-0.05, 0) is 36.1 Å². The first-order valence-corrected chi connectivity index (χ1v) is 11.9. The van der Waals surface area contributed by atoms with Gasteiger partial charge in [0, 0.05) is 37.0 Å². The molecule has 3 amide bonds. The number of aryl methyl sites for hydroxylation is 1. The maximum atomic E-state index is 13.0. The van der Waals surface area contributed by atoms with E-state index in [0.717, 1.165) is 22.0 Å². The summed E-state index contributed by atoms with van der Waals surface area (Å²) in [6, 6.07) is 15.0. The molecule has 0 aliphatic heterocycles. The highest BCUT2D eigenvalue weighted by molar-refractivity contribution is 9.09. The number of nitrogens with one attached hydrogen (secondary N) is 2. The molecule has 3 rings (SSSR count). The Balaban J connectivity index is 1.75. The number of fused-ring (bicyclic) bond motifs is 1. The van der Waals surface area contributed by atoms with Crippen LogP contribution in [0.1, 0.15) is 24.5 Å². The van der Waals surface area contributed by atoms with Crippen LogP contribution in [0.2, 0.25) is 0 Å². The molecule has 1 aromatic heterocycles. The number of rotatable bonds is 10. The summed E-state index contributed by atoms with van der Waals surface area (Å²) in [5.74, 6) is -0.131. The van der Waals surface area contributed by atoms with Crippen LogP contribution in [-0.2, 0) is 27.2 Å². The predicted molar refractivity (Wildman–Crippen MR) is 131 cm³/mol. The Kier molecular flexibility index (Phi) is 8.65. The molecule has 0 bridgehead atoms. The minimum Gasteiger partial charge on any atom is -0.496 e. The van der Waals surface area contributed by atoms with Crippen molar-refractivity contribution >= 4 is 44.6 Å². The molecule has 0 aliphatic rings. The highest BCUT2D eigenvalue weighted by Gasteiger charge is 2.24. The summed E-state index contributed by atoms with van der Waals surface area (Å²) in [7, 11) is 1.59. The van der Waals surface area contributed by atoms with E-state index in [2.05, 4.69) is 26.2 Å². The lowest BCUT2D eigenvalue weighted by molar-refractivity contribution is -0.144. The van der Waals surface area contributed by atoms with Crippen LogP contribution in [0.4, 0.5) is 0 Å². The van der Waals surface area contributed by atoms with E-state index >= 15 is 0 Å². The fourth-order valence-corrected chi connectivity index (χ4v) is 4.07. The number of carbonyl (C=O) groups excluding carboxylic acids is 3. The number of methoxy groups -OCH3 is 1. The molecule has 0 aliphatic carbocycles. The summed E-state index contributed by atoms with van der Waals surface area (Å²) < 4.78 is 5.35. The van der Waals surface area contributed by atoms with E-state index in [1.165, 1.54) is 11.8 Å². The van der Waals surface area contributed by atoms with Crippen molar-refractivity contribution in [2.24, 2.45) is 0 Å². The second-order valence-electron chi connectivity index (χ2n) is 7.80. The van der Waals surface area contributed by atoms with Gasteiger partial charge in [0.2, 0.25) is 17.7 Å². The second-order valence-corrected chi connectivity index (χ2v) is 8.36. The van der Waals surface area contributed by atoms with Crippen molar-refractivity contribution in [1.82, 2.24) is 15.2 Å². The minimum atomic E-state index is -0.423. The average molecular weight is 514 g/mol. The lowest BCUT2D eigenvalue weighted by atomic mass is 10.0. The number of para-hydroxylation sites is 2. The SMILES string of the molecule is COc1ccccc1CCC(=O)N(CC(Cc1c[nH]c2ccccc12)NC(=O)CBr)C(C)=O. The van der Waals surface area contributed by atoms with Gasteiger partial charge in [0.05, 0.1) is 18.5 Å². The molecule has 1 atom stereocenters. The summed E-state index contributed by atoms with van der Waals surface area (Å²) in [4.78, 5) is 42.0. The maximum absolute atomic E-state index is 13.0. The first-order chi connectivity index (χ1) is 15.9. The molecule has 3 aromatic rings. The molecule has 174 valence electrons. The lowest BCUT2D eigenvalue weighted by Crippen LogP contribution is -2.48. The fourth-order valence-electron chi connectivity index (χ4n) is 3.91. The largest absolute Gasteiger partial charge is 0.496 e. The number of nitrogens with zero attached hydrogens (tertiary/aromatic N) is 1. The quantitative estimate of drug-likeness (QED) is 0.405. The number of aromatic amines is 1. The number of hydrogen-bond donors (Lipinski definition) is 2. The molecule has 8 heteroatoms. The van der Waals surface area contributed by atoms with Gasteiger partial charge in [-0.3, -0.25) is 19.3 Å². The van der Waals surface area contributed by atoms with Crippen LogP contribution in [0.3, 0.4) is 0 Å². The van der Waals surface area contributed by atoms with Crippen LogP contribution in [0.5, 0.6) is 5.75 Å². The number of hydrogen-bond acceptors (Lipinski definition) is 4. The number of imide groups is 1. The number of aromatic nitrogens is 1. The molecule has 1 unspecified atom stereocenters. The number of carbonyl (C=O) groups is 3. The van der Waals surface area contributed by atoms with Crippen LogP contribution in [0, 0.1) is 0 Å². The van der Waals surface area contributed by atoms with Crippen molar-refractivity contribution in [2.75, 3.05) is 19.0 Å². The first kappa shape index (κ1) is 24.5. The number of alkyl halides is 1. The summed E-state index contributed by atoms with van der Waals surface area (Å²) in [6.45, 7) is 1.47. The molecule has 0 saturated heterocycles. The van der Waals surface area contributed by atoms with Crippen LogP contribution in [0.25, 0.3) is 10.9 Å². The number of benzene rings is 2. The summed E-state index contributed by atoms with van der Waals surface area (Å²) in [5.41, 5.74) is 2.91. The van der Waals surface area contributed by atoms with Crippen molar-refractivity contribution in [3.63, 3.8) is 0 Å². The molecule has 2 aromatic carbocycles. The topological polar surface area (TPSA) is 91.5 Å². The Morgan fingerprint density at radius 2 is 1.82 bits per heavy atom. The Morgan fingerprint density at radius 3 is 2.55 bits per heavy atom. The number of ether oxygens (including phenoxy) is 1. The molecule has 0 fully saturated rings. The van der Waals surface area contributed by atoms with E-state index in [0.29, 0.717) is 18.6 Å². The third-order valence-electron chi connectivity index (χ3n) is 5.51. The van der Waals surface area contributed by atoms with Crippen molar-refractivity contribution in [1.29, 1.82) is 0 Å². The molecule has 0 radical (unpaired) electrons. The molecule has 2 N–H and O–H groups in total. The number of H-pyrrole nitrogens is 1. The molecule has 1 heterocycles. The van der Waals surface area contributed by atoms with Crippen LogP contribution < -0.4 is 10.1 Å². The number of halogens is 1. The number of amides is 3. The molecule has 0 saturated carbocycles. The van der Waals surface area contributed by atoms with Gasteiger partial charge in [0.1, 0.15) is 5.75 Å². The summed E-state index contributed by atoms with van der Waals surface area (Å²) in [6.07, 6.45) is 2.99. The van der Waals surface area contributed by atoms with Crippen molar-refractivity contribution in [3.8, 4) is 5.75 Å². The Morgan fingerprint density at radius 1 is 1.09 bits per heavy atom. The van der Waals surface area contributed by atoms with Crippen molar-refractivity contribution in [3.05, 3.63) is 65.9 Å². The minimum absolute atomic E-state index is 0.0956. The molecule has 7 nitrogen and oxygen atoms in total. The molecule has 0 spiro atoms. The van der Waals surface area contributed by atoms with Crippen LogP contribution in [-0.4, -0.2) is 52.6 Å². The van der Waals surface area contributed by atoms with Gasteiger partial charge in [-0.25, -0.2) is 0 Å². The predicted octanol–water partition coefficient (Wildman–Crippen LogP) is 3.61. The zero-order valence-electron chi connectivity index (χ0n) is 18.8. The standard InChI is InChI=1S/C25H28BrN3O4/c1-17(30)29(25(32)12-11-18-7-3-6-10-23(18)33-2)16-20(28-24(31)14-26)13-19-15-27-22-9-5-4-8-21(19)22/h3-10,15,20,27H,11-14,16H2,1-2H3,(H,28,31). The lowest BCUT2D eigenvalue weighted by Gasteiger charge is -2.26. The van der Waals surface area contributed by atoms with Gasteiger partial charge < -0.3 is 15.0 Å². The average Bonchev–Trinajstić information content (AvgIpc) is 3.23. The van der Waals surface area contributed by atoms with Gasteiger partial charge in [0.15, 0.2) is 0 Å². The molecular formula is C25H28BrN3O4. The van der Waals surface area contributed by atoms with E-state index in [1.807, 2.05) is 54.7 Å². The van der Waals surface area contributed by atoms with Gasteiger partial charge in [0.25, 0.3) is 0 Å². The monoisotopic (exact) mass is 513 g/mol. The van der Waals surface area contributed by atoms with Crippen LogP contribution >= 0.6 is 15.9 Å². The summed E-state index contributed by atoms with van der Waals surface area (Å²) in [5, 5.41) is 4.12.